The molecule has 156 valence electrons. The highest BCUT2D eigenvalue weighted by atomic mass is 16.5. The summed E-state index contributed by atoms with van der Waals surface area (Å²) in [6.07, 6.45) is 6.08. The maximum atomic E-state index is 12.4. The van der Waals surface area contributed by atoms with Gasteiger partial charge in [0, 0.05) is 19.5 Å². The van der Waals surface area contributed by atoms with Crippen molar-refractivity contribution in [2.45, 2.75) is 52.0 Å². The van der Waals surface area contributed by atoms with E-state index in [-0.39, 0.29) is 23.8 Å². The maximum Gasteiger partial charge on any atom is 0.257 e. The molecular formula is C21H33N3O4. The van der Waals surface area contributed by atoms with Crippen molar-refractivity contribution in [1.29, 1.82) is 0 Å². The molecule has 2 rings (SSSR count). The molecule has 28 heavy (non-hydrogen) atoms. The fourth-order valence-corrected chi connectivity index (χ4v) is 3.69. The molecule has 0 radical (unpaired) electrons. The normalized spacial score (nSPS) is 15.5. The van der Waals surface area contributed by atoms with E-state index in [0.29, 0.717) is 37.6 Å². The van der Waals surface area contributed by atoms with Crippen molar-refractivity contribution in [3.05, 3.63) is 23.8 Å². The number of carbonyl (C=O) groups excluding carboxylic acids is 2. The molecule has 0 aliphatic heterocycles. The summed E-state index contributed by atoms with van der Waals surface area (Å²) in [5.74, 6) is 0.871. The number of methoxy groups -OCH3 is 1. The summed E-state index contributed by atoms with van der Waals surface area (Å²) in [6.45, 7) is 3.31. The molecular weight excluding hydrogens is 358 g/mol. The van der Waals surface area contributed by atoms with Crippen LogP contribution < -0.4 is 25.8 Å². The Morgan fingerprint density at radius 2 is 1.86 bits per heavy atom. The quantitative estimate of drug-likeness (QED) is 0.567. The van der Waals surface area contributed by atoms with E-state index in [2.05, 4.69) is 10.6 Å². The first kappa shape index (κ1) is 22.0. The Hall–Kier alpha value is -2.28. The minimum Gasteiger partial charge on any atom is -0.493 e. The Balaban J connectivity index is 1.89. The summed E-state index contributed by atoms with van der Waals surface area (Å²) in [5, 5.41) is 5.67. The zero-order chi connectivity index (χ0) is 20.4. The van der Waals surface area contributed by atoms with Crippen LogP contribution in [0.2, 0.25) is 0 Å². The lowest BCUT2D eigenvalue weighted by molar-refractivity contribution is -0.124. The first-order valence-corrected chi connectivity index (χ1v) is 10.0. The molecule has 0 spiro atoms. The van der Waals surface area contributed by atoms with Gasteiger partial charge in [-0.2, -0.15) is 0 Å². The molecule has 1 fully saturated rings. The molecule has 0 atom stereocenters. The van der Waals surface area contributed by atoms with Crippen molar-refractivity contribution in [3.8, 4) is 11.5 Å². The number of ether oxygens (including phenoxy) is 2. The van der Waals surface area contributed by atoms with Gasteiger partial charge < -0.3 is 25.8 Å². The van der Waals surface area contributed by atoms with E-state index in [1.54, 1.807) is 13.2 Å². The van der Waals surface area contributed by atoms with Crippen LogP contribution >= 0.6 is 0 Å². The predicted molar refractivity (Wildman–Crippen MR) is 108 cm³/mol. The van der Waals surface area contributed by atoms with Gasteiger partial charge in [-0.1, -0.05) is 25.3 Å². The number of hydrogen-bond donors (Lipinski definition) is 3. The minimum absolute atomic E-state index is 0.0304. The fourth-order valence-electron chi connectivity index (χ4n) is 3.69. The summed E-state index contributed by atoms with van der Waals surface area (Å²) >= 11 is 0. The molecule has 7 heteroatoms. The van der Waals surface area contributed by atoms with E-state index < -0.39 is 0 Å². The molecule has 0 heterocycles. The monoisotopic (exact) mass is 391 g/mol. The molecule has 1 aromatic carbocycles. The Morgan fingerprint density at radius 3 is 2.50 bits per heavy atom. The molecule has 4 N–H and O–H groups in total. The first-order valence-electron chi connectivity index (χ1n) is 10.0. The summed E-state index contributed by atoms with van der Waals surface area (Å²) < 4.78 is 10.9. The number of amides is 2. The highest BCUT2D eigenvalue weighted by molar-refractivity contribution is 5.77. The number of carbonyl (C=O) groups is 2. The van der Waals surface area contributed by atoms with Gasteiger partial charge in [-0.3, -0.25) is 9.59 Å². The number of nitrogens with one attached hydrogen (secondary N) is 2. The largest absolute Gasteiger partial charge is 0.493 e. The van der Waals surface area contributed by atoms with Crippen LogP contribution in [-0.4, -0.2) is 38.6 Å². The van der Waals surface area contributed by atoms with Gasteiger partial charge in [-0.25, -0.2) is 0 Å². The summed E-state index contributed by atoms with van der Waals surface area (Å²) in [6, 6.07) is 5.42. The Bertz CT molecular complexity index is 657. The van der Waals surface area contributed by atoms with Gasteiger partial charge in [-0.05, 0) is 49.4 Å². The molecule has 0 saturated heterocycles. The van der Waals surface area contributed by atoms with Crippen LogP contribution in [0.25, 0.3) is 0 Å². The summed E-state index contributed by atoms with van der Waals surface area (Å²) in [4.78, 5) is 24.0. The molecule has 0 bridgehead atoms. The van der Waals surface area contributed by atoms with Crippen LogP contribution in [0.15, 0.2) is 18.2 Å². The molecule has 1 saturated carbocycles. The standard InChI is InChI=1S/C21H33N3O4/c1-3-23-20(26)14-28-17-8-7-16(11-18(17)27-2)13-24-19(25)12-21(15-22)9-5-4-6-10-21/h7-8,11H,3-6,9-10,12-15,22H2,1-2H3,(H,23,26)(H,24,25). The van der Waals surface area contributed by atoms with Gasteiger partial charge in [0.2, 0.25) is 5.91 Å². The second kappa shape index (κ2) is 10.9. The first-order chi connectivity index (χ1) is 13.5. The van der Waals surface area contributed by atoms with Gasteiger partial charge in [0.05, 0.1) is 7.11 Å². The SMILES string of the molecule is CCNC(=O)COc1ccc(CNC(=O)CC2(CN)CCCCC2)cc1OC. The Labute approximate surface area is 167 Å². The highest BCUT2D eigenvalue weighted by Gasteiger charge is 2.32. The van der Waals surface area contributed by atoms with Gasteiger partial charge in [0.15, 0.2) is 18.1 Å². The van der Waals surface area contributed by atoms with Crippen molar-refractivity contribution >= 4 is 11.8 Å². The van der Waals surface area contributed by atoms with Crippen molar-refractivity contribution in [2.75, 3.05) is 26.8 Å². The van der Waals surface area contributed by atoms with Crippen molar-refractivity contribution in [2.24, 2.45) is 11.1 Å². The fraction of sp³-hybridized carbons (Fsp3) is 0.619. The number of rotatable bonds is 10. The highest BCUT2D eigenvalue weighted by Crippen LogP contribution is 2.38. The molecule has 2 amide bonds. The topological polar surface area (TPSA) is 103 Å². The number of hydrogen-bond acceptors (Lipinski definition) is 5. The minimum atomic E-state index is -0.183. The average molecular weight is 392 g/mol. The van der Waals surface area contributed by atoms with Crippen molar-refractivity contribution in [3.63, 3.8) is 0 Å². The maximum absolute atomic E-state index is 12.4. The van der Waals surface area contributed by atoms with Crippen LogP contribution in [0, 0.1) is 5.41 Å². The molecule has 1 aromatic rings. The van der Waals surface area contributed by atoms with Crippen LogP contribution in [0.5, 0.6) is 11.5 Å². The molecule has 0 aromatic heterocycles. The summed E-state index contributed by atoms with van der Waals surface area (Å²) in [7, 11) is 1.55. The van der Waals surface area contributed by atoms with Crippen LogP contribution in [0.1, 0.15) is 51.0 Å². The third-order valence-corrected chi connectivity index (χ3v) is 5.33. The Kier molecular flexibility index (Phi) is 8.57. The van der Waals surface area contributed by atoms with E-state index in [4.69, 9.17) is 15.2 Å². The second-order valence-electron chi connectivity index (χ2n) is 7.45. The smallest absolute Gasteiger partial charge is 0.257 e. The zero-order valence-corrected chi connectivity index (χ0v) is 17.0. The lowest BCUT2D eigenvalue weighted by Gasteiger charge is -2.35. The van der Waals surface area contributed by atoms with E-state index in [1.807, 2.05) is 19.1 Å². The van der Waals surface area contributed by atoms with Gasteiger partial charge in [0.1, 0.15) is 0 Å². The molecule has 0 unspecified atom stereocenters. The third-order valence-electron chi connectivity index (χ3n) is 5.33. The molecule has 1 aliphatic carbocycles. The molecule has 1 aliphatic rings. The Morgan fingerprint density at radius 1 is 1.11 bits per heavy atom. The van der Waals surface area contributed by atoms with E-state index in [1.165, 1.54) is 6.42 Å². The third kappa shape index (κ3) is 6.41. The lowest BCUT2D eigenvalue weighted by atomic mass is 9.71. The van der Waals surface area contributed by atoms with Gasteiger partial charge >= 0.3 is 0 Å². The zero-order valence-electron chi connectivity index (χ0n) is 17.0. The van der Waals surface area contributed by atoms with Crippen molar-refractivity contribution < 1.29 is 19.1 Å². The van der Waals surface area contributed by atoms with E-state index >= 15 is 0 Å². The van der Waals surface area contributed by atoms with E-state index in [9.17, 15) is 9.59 Å². The predicted octanol–water partition coefficient (Wildman–Crippen LogP) is 2.13. The van der Waals surface area contributed by atoms with Crippen molar-refractivity contribution in [1.82, 2.24) is 10.6 Å². The van der Waals surface area contributed by atoms with Crippen LogP contribution in [-0.2, 0) is 16.1 Å². The van der Waals surface area contributed by atoms with E-state index in [0.717, 1.165) is 31.2 Å². The number of benzene rings is 1. The summed E-state index contributed by atoms with van der Waals surface area (Å²) in [5.41, 5.74) is 6.84. The number of nitrogens with two attached hydrogens (primary N) is 1. The number of likely N-dealkylation sites (N-methyl/N-ethyl adjacent to an activating group) is 1. The van der Waals surface area contributed by atoms with Gasteiger partial charge in [0.25, 0.3) is 5.91 Å². The van der Waals surface area contributed by atoms with Crippen LogP contribution in [0.3, 0.4) is 0 Å². The van der Waals surface area contributed by atoms with Crippen LogP contribution in [0.4, 0.5) is 0 Å². The average Bonchev–Trinajstić information content (AvgIpc) is 2.71. The molecule has 7 nitrogen and oxygen atoms in total. The lowest BCUT2D eigenvalue weighted by Crippen LogP contribution is -2.38. The van der Waals surface area contributed by atoms with Gasteiger partial charge in [-0.15, -0.1) is 0 Å². The second-order valence-corrected chi connectivity index (χ2v) is 7.45.